The number of aromatic nitrogens is 2. The van der Waals surface area contributed by atoms with Gasteiger partial charge in [-0.2, -0.15) is 0 Å². The highest BCUT2D eigenvalue weighted by molar-refractivity contribution is 5.74. The van der Waals surface area contributed by atoms with Crippen LogP contribution in [0.2, 0.25) is 0 Å². The van der Waals surface area contributed by atoms with Gasteiger partial charge in [-0.05, 0) is 18.6 Å². The maximum Gasteiger partial charge on any atom is 0.0958 e. The minimum absolute atomic E-state index is 0.0207. The molecule has 0 fully saturated rings. The lowest BCUT2D eigenvalue weighted by molar-refractivity contribution is 0.270. The van der Waals surface area contributed by atoms with Crippen molar-refractivity contribution in [2.24, 2.45) is 5.73 Å². The number of nitrogens with two attached hydrogens (primary N) is 1. The summed E-state index contributed by atoms with van der Waals surface area (Å²) in [6, 6.07) is 7.93. The van der Waals surface area contributed by atoms with Crippen molar-refractivity contribution in [1.82, 2.24) is 9.55 Å². The number of rotatable bonds is 4. The van der Waals surface area contributed by atoms with Crippen LogP contribution >= 0.6 is 0 Å². The Morgan fingerprint density at radius 1 is 1.40 bits per heavy atom. The van der Waals surface area contributed by atoms with E-state index in [2.05, 4.69) is 4.98 Å². The molecule has 4 nitrogen and oxygen atoms in total. The Morgan fingerprint density at radius 3 is 3.00 bits per heavy atom. The summed E-state index contributed by atoms with van der Waals surface area (Å²) in [7, 11) is 0. The summed E-state index contributed by atoms with van der Waals surface area (Å²) in [6.45, 7) is 0.828. The zero-order valence-corrected chi connectivity index (χ0v) is 8.50. The summed E-state index contributed by atoms with van der Waals surface area (Å²) in [5, 5.41) is 8.77. The lowest BCUT2D eigenvalue weighted by atomic mass is 10.2. The standard InChI is InChI=1S/C11H15N3O/c12-9(5-6-15)7-14-8-13-10-3-1-2-4-11(10)14/h1-4,8-9,15H,5-7,12H2. The molecule has 0 aliphatic rings. The molecule has 0 radical (unpaired) electrons. The number of nitrogens with zero attached hydrogens (tertiary/aromatic N) is 2. The second kappa shape index (κ2) is 4.42. The van der Waals surface area contributed by atoms with Gasteiger partial charge in [0.05, 0.1) is 17.4 Å². The molecular weight excluding hydrogens is 190 g/mol. The Labute approximate surface area is 88.3 Å². The Kier molecular flexibility index (Phi) is 2.99. The number of imidazole rings is 1. The summed E-state index contributed by atoms with van der Waals surface area (Å²) in [5.41, 5.74) is 7.93. The third kappa shape index (κ3) is 2.16. The molecule has 1 atom stereocenters. The van der Waals surface area contributed by atoms with Crippen LogP contribution in [0.3, 0.4) is 0 Å². The maximum absolute atomic E-state index is 8.77. The van der Waals surface area contributed by atoms with Crippen molar-refractivity contribution >= 4 is 11.0 Å². The lowest BCUT2D eigenvalue weighted by Gasteiger charge is -2.11. The molecule has 1 heterocycles. The number of aliphatic hydroxyl groups is 1. The number of benzene rings is 1. The van der Waals surface area contributed by atoms with Crippen LogP contribution in [0.1, 0.15) is 6.42 Å². The molecule has 2 rings (SSSR count). The fourth-order valence-electron chi connectivity index (χ4n) is 1.67. The summed E-state index contributed by atoms with van der Waals surface area (Å²) in [5.74, 6) is 0. The molecule has 2 aromatic rings. The molecule has 0 spiro atoms. The van der Waals surface area contributed by atoms with Crippen molar-refractivity contribution in [1.29, 1.82) is 0 Å². The maximum atomic E-state index is 8.77. The highest BCUT2D eigenvalue weighted by Gasteiger charge is 2.06. The summed E-state index contributed by atoms with van der Waals surface area (Å²) >= 11 is 0. The molecule has 0 amide bonds. The van der Waals surface area contributed by atoms with Gasteiger partial charge in [0, 0.05) is 19.2 Å². The second-order valence-electron chi connectivity index (χ2n) is 3.66. The van der Waals surface area contributed by atoms with Crippen LogP contribution in [0.5, 0.6) is 0 Å². The van der Waals surface area contributed by atoms with E-state index in [1.54, 1.807) is 6.33 Å². The molecule has 4 heteroatoms. The van der Waals surface area contributed by atoms with Gasteiger partial charge in [0.25, 0.3) is 0 Å². The van der Waals surface area contributed by atoms with Crippen LogP contribution in [0, 0.1) is 0 Å². The van der Waals surface area contributed by atoms with Gasteiger partial charge in [0.1, 0.15) is 0 Å². The predicted molar refractivity (Wildman–Crippen MR) is 59.4 cm³/mol. The molecule has 1 unspecified atom stereocenters. The molecule has 1 aromatic carbocycles. The summed E-state index contributed by atoms with van der Waals surface area (Å²) in [4.78, 5) is 4.28. The normalized spacial score (nSPS) is 13.2. The van der Waals surface area contributed by atoms with Crippen LogP contribution < -0.4 is 5.73 Å². The SMILES string of the molecule is NC(CCO)Cn1cnc2ccccc21. The highest BCUT2D eigenvalue weighted by Crippen LogP contribution is 2.12. The van der Waals surface area contributed by atoms with Crippen molar-refractivity contribution < 1.29 is 5.11 Å². The zero-order valence-electron chi connectivity index (χ0n) is 8.50. The first-order chi connectivity index (χ1) is 7.31. The van der Waals surface area contributed by atoms with E-state index < -0.39 is 0 Å². The van der Waals surface area contributed by atoms with Gasteiger partial charge in [0.2, 0.25) is 0 Å². The van der Waals surface area contributed by atoms with Gasteiger partial charge in [-0.15, -0.1) is 0 Å². The fraction of sp³-hybridized carbons (Fsp3) is 0.364. The Bertz CT molecular complexity index is 438. The Hall–Kier alpha value is -1.39. The van der Waals surface area contributed by atoms with E-state index in [-0.39, 0.29) is 12.6 Å². The predicted octanol–water partition coefficient (Wildman–Crippen LogP) is 0.746. The van der Waals surface area contributed by atoms with Crippen LogP contribution in [-0.4, -0.2) is 27.3 Å². The topological polar surface area (TPSA) is 64.1 Å². The minimum Gasteiger partial charge on any atom is -0.396 e. The smallest absolute Gasteiger partial charge is 0.0958 e. The van der Waals surface area contributed by atoms with Gasteiger partial charge in [-0.25, -0.2) is 4.98 Å². The molecule has 15 heavy (non-hydrogen) atoms. The molecule has 0 bridgehead atoms. The van der Waals surface area contributed by atoms with Crippen molar-refractivity contribution in [2.45, 2.75) is 19.0 Å². The van der Waals surface area contributed by atoms with Gasteiger partial charge in [-0.3, -0.25) is 0 Å². The van der Waals surface area contributed by atoms with Crippen LogP contribution in [0.15, 0.2) is 30.6 Å². The first kappa shape index (κ1) is 10.1. The Balaban J connectivity index is 2.21. The fourth-order valence-corrected chi connectivity index (χ4v) is 1.67. The van der Waals surface area contributed by atoms with Gasteiger partial charge in [0.15, 0.2) is 0 Å². The third-order valence-electron chi connectivity index (χ3n) is 2.46. The molecule has 0 saturated heterocycles. The average Bonchev–Trinajstić information content (AvgIpc) is 2.62. The van der Waals surface area contributed by atoms with Crippen molar-refractivity contribution in [3.05, 3.63) is 30.6 Å². The second-order valence-corrected chi connectivity index (χ2v) is 3.66. The van der Waals surface area contributed by atoms with Crippen LogP contribution in [-0.2, 0) is 6.54 Å². The van der Waals surface area contributed by atoms with Crippen molar-refractivity contribution in [3.8, 4) is 0 Å². The zero-order chi connectivity index (χ0) is 10.7. The minimum atomic E-state index is -0.0207. The summed E-state index contributed by atoms with van der Waals surface area (Å²) in [6.07, 6.45) is 2.41. The lowest BCUT2D eigenvalue weighted by Crippen LogP contribution is -2.26. The number of fused-ring (bicyclic) bond motifs is 1. The van der Waals surface area contributed by atoms with Crippen molar-refractivity contribution in [2.75, 3.05) is 6.61 Å². The third-order valence-corrected chi connectivity index (χ3v) is 2.46. The summed E-state index contributed by atoms with van der Waals surface area (Å²) < 4.78 is 2.02. The number of hydrogen-bond acceptors (Lipinski definition) is 3. The van der Waals surface area contributed by atoms with E-state index in [0.717, 1.165) is 11.0 Å². The van der Waals surface area contributed by atoms with E-state index in [0.29, 0.717) is 13.0 Å². The number of para-hydroxylation sites is 2. The quantitative estimate of drug-likeness (QED) is 0.774. The molecule has 0 aliphatic heterocycles. The first-order valence-electron chi connectivity index (χ1n) is 5.07. The highest BCUT2D eigenvalue weighted by atomic mass is 16.3. The molecular formula is C11H15N3O. The van der Waals surface area contributed by atoms with Crippen molar-refractivity contribution in [3.63, 3.8) is 0 Å². The molecule has 1 aromatic heterocycles. The van der Waals surface area contributed by atoms with Gasteiger partial charge in [-0.1, -0.05) is 12.1 Å². The largest absolute Gasteiger partial charge is 0.396 e. The molecule has 3 N–H and O–H groups in total. The van der Waals surface area contributed by atoms with Gasteiger partial charge >= 0.3 is 0 Å². The van der Waals surface area contributed by atoms with Gasteiger partial charge < -0.3 is 15.4 Å². The number of aliphatic hydroxyl groups excluding tert-OH is 1. The average molecular weight is 205 g/mol. The van der Waals surface area contributed by atoms with E-state index >= 15 is 0 Å². The van der Waals surface area contributed by atoms with E-state index in [1.807, 2.05) is 28.8 Å². The van der Waals surface area contributed by atoms with E-state index in [4.69, 9.17) is 10.8 Å². The number of hydrogen-bond donors (Lipinski definition) is 2. The van der Waals surface area contributed by atoms with E-state index in [1.165, 1.54) is 0 Å². The first-order valence-corrected chi connectivity index (χ1v) is 5.07. The van der Waals surface area contributed by atoms with Crippen LogP contribution in [0.25, 0.3) is 11.0 Å². The molecule has 80 valence electrons. The van der Waals surface area contributed by atoms with E-state index in [9.17, 15) is 0 Å². The molecule has 0 aliphatic carbocycles. The Morgan fingerprint density at radius 2 is 2.20 bits per heavy atom. The van der Waals surface area contributed by atoms with Crippen LogP contribution in [0.4, 0.5) is 0 Å². The monoisotopic (exact) mass is 205 g/mol. The molecule has 0 saturated carbocycles.